The predicted octanol–water partition coefficient (Wildman–Crippen LogP) is 2.32. The van der Waals surface area contributed by atoms with E-state index in [2.05, 4.69) is 4.98 Å². The highest BCUT2D eigenvalue weighted by Gasteiger charge is 2.30. The Morgan fingerprint density at radius 3 is 2.95 bits per heavy atom. The van der Waals surface area contributed by atoms with Crippen molar-refractivity contribution in [3.8, 4) is 11.6 Å². The topological polar surface area (TPSA) is 88.5 Å². The quantitative estimate of drug-likeness (QED) is 0.882. The Kier molecular flexibility index (Phi) is 2.83. The molecule has 0 fully saturated rings. The van der Waals surface area contributed by atoms with E-state index in [0.29, 0.717) is 30.1 Å². The van der Waals surface area contributed by atoms with Crippen molar-refractivity contribution in [3.05, 3.63) is 28.7 Å². The summed E-state index contributed by atoms with van der Waals surface area (Å²) in [6, 6.07) is 3.15. The molecule has 0 saturated heterocycles. The number of hydrogen-bond donors (Lipinski definition) is 2. The summed E-state index contributed by atoms with van der Waals surface area (Å²) < 4.78 is 6.77. The number of rotatable bonds is 2. The minimum absolute atomic E-state index is 0.0405. The number of aromatic carboxylic acids is 1. The number of aliphatic hydroxyl groups excluding tert-OH is 1. The zero-order chi connectivity index (χ0) is 13.6. The molecule has 0 spiro atoms. The average Bonchev–Trinajstić information content (AvgIpc) is 2.93. The Labute approximate surface area is 113 Å². The van der Waals surface area contributed by atoms with Gasteiger partial charge in [0, 0.05) is 0 Å². The van der Waals surface area contributed by atoms with Gasteiger partial charge in [0.05, 0.1) is 5.69 Å². The molecule has 0 bridgehead atoms. The molecular formula is C12H11ClN2O4. The van der Waals surface area contributed by atoms with Crippen LogP contribution in [0.2, 0.25) is 5.22 Å². The number of halogens is 1. The van der Waals surface area contributed by atoms with Gasteiger partial charge in [-0.3, -0.25) is 4.57 Å². The maximum Gasteiger partial charge on any atom is 0.356 e. The molecule has 2 aromatic rings. The van der Waals surface area contributed by atoms with Crippen LogP contribution in [0.15, 0.2) is 16.5 Å². The summed E-state index contributed by atoms with van der Waals surface area (Å²) in [5, 5.41) is 19.4. The van der Waals surface area contributed by atoms with Crippen LogP contribution < -0.4 is 0 Å². The summed E-state index contributed by atoms with van der Waals surface area (Å²) in [7, 11) is 0. The molecule has 7 heteroatoms. The number of imidazole rings is 1. The minimum Gasteiger partial charge on any atom is -0.476 e. The molecule has 1 aliphatic heterocycles. The second-order valence-corrected chi connectivity index (χ2v) is 4.75. The van der Waals surface area contributed by atoms with E-state index in [4.69, 9.17) is 16.0 Å². The van der Waals surface area contributed by atoms with E-state index in [9.17, 15) is 15.0 Å². The molecule has 0 amide bonds. The third-order valence-electron chi connectivity index (χ3n) is 3.18. The number of nitrogens with zero attached hydrogens (tertiary/aromatic N) is 2. The van der Waals surface area contributed by atoms with Gasteiger partial charge in [-0.2, -0.15) is 0 Å². The van der Waals surface area contributed by atoms with Crippen LogP contribution in [-0.2, 0) is 6.42 Å². The smallest absolute Gasteiger partial charge is 0.356 e. The van der Waals surface area contributed by atoms with Crippen LogP contribution in [0.3, 0.4) is 0 Å². The summed E-state index contributed by atoms with van der Waals surface area (Å²) in [6.45, 7) is 0. The molecule has 3 rings (SSSR count). The molecule has 1 unspecified atom stereocenters. The zero-order valence-electron chi connectivity index (χ0n) is 9.84. The molecule has 100 valence electrons. The summed E-state index contributed by atoms with van der Waals surface area (Å²) in [4.78, 5) is 15.3. The number of carbonyl (C=O) groups is 1. The lowest BCUT2D eigenvalue weighted by molar-refractivity contribution is 0.0678. The fourth-order valence-electron chi connectivity index (χ4n) is 2.39. The molecule has 0 aromatic carbocycles. The van der Waals surface area contributed by atoms with Gasteiger partial charge in [-0.05, 0) is 43.0 Å². The third kappa shape index (κ3) is 1.93. The maximum absolute atomic E-state index is 11.2. The molecule has 0 radical (unpaired) electrons. The van der Waals surface area contributed by atoms with Crippen LogP contribution >= 0.6 is 11.6 Å². The van der Waals surface area contributed by atoms with Crippen molar-refractivity contribution in [2.24, 2.45) is 0 Å². The number of aromatic nitrogens is 2. The molecule has 0 saturated carbocycles. The second kappa shape index (κ2) is 4.40. The van der Waals surface area contributed by atoms with Crippen molar-refractivity contribution in [1.29, 1.82) is 0 Å². The highest BCUT2D eigenvalue weighted by molar-refractivity contribution is 6.28. The number of aliphatic hydroxyl groups is 1. The fourth-order valence-corrected chi connectivity index (χ4v) is 2.53. The van der Waals surface area contributed by atoms with E-state index in [1.165, 1.54) is 4.57 Å². The first-order valence-corrected chi connectivity index (χ1v) is 6.24. The van der Waals surface area contributed by atoms with Crippen molar-refractivity contribution in [2.45, 2.75) is 25.5 Å². The molecule has 6 nitrogen and oxygen atoms in total. The van der Waals surface area contributed by atoms with Gasteiger partial charge < -0.3 is 14.6 Å². The molecule has 1 aliphatic rings. The van der Waals surface area contributed by atoms with Gasteiger partial charge in [0.1, 0.15) is 6.23 Å². The van der Waals surface area contributed by atoms with Crippen molar-refractivity contribution < 1.29 is 19.4 Å². The Hall–Kier alpha value is -1.79. The van der Waals surface area contributed by atoms with Gasteiger partial charge in [0.2, 0.25) is 0 Å². The van der Waals surface area contributed by atoms with Crippen molar-refractivity contribution >= 4 is 17.6 Å². The first kappa shape index (κ1) is 12.3. The van der Waals surface area contributed by atoms with Crippen molar-refractivity contribution in [2.75, 3.05) is 0 Å². The van der Waals surface area contributed by atoms with E-state index in [1.54, 1.807) is 12.1 Å². The van der Waals surface area contributed by atoms with Crippen LogP contribution in [-0.4, -0.2) is 25.7 Å². The largest absolute Gasteiger partial charge is 0.476 e. The average molecular weight is 283 g/mol. The number of carboxylic acids is 1. The molecule has 3 heterocycles. The Morgan fingerprint density at radius 2 is 2.32 bits per heavy atom. The van der Waals surface area contributed by atoms with E-state index in [1.807, 2.05) is 0 Å². The summed E-state index contributed by atoms with van der Waals surface area (Å²) >= 11 is 5.72. The molecule has 19 heavy (non-hydrogen) atoms. The van der Waals surface area contributed by atoms with Gasteiger partial charge in [-0.15, -0.1) is 0 Å². The van der Waals surface area contributed by atoms with Crippen LogP contribution in [0, 0.1) is 0 Å². The minimum atomic E-state index is -1.11. The van der Waals surface area contributed by atoms with Crippen molar-refractivity contribution in [1.82, 2.24) is 9.55 Å². The van der Waals surface area contributed by atoms with Crippen LogP contribution in [0.5, 0.6) is 0 Å². The number of carboxylic acid groups (broad SMARTS) is 1. The Bertz CT molecular complexity index is 646. The molecule has 2 aromatic heterocycles. The highest BCUT2D eigenvalue weighted by atomic mass is 35.5. The van der Waals surface area contributed by atoms with E-state index >= 15 is 0 Å². The monoisotopic (exact) mass is 282 g/mol. The molecule has 1 atom stereocenters. The van der Waals surface area contributed by atoms with Crippen LogP contribution in [0.4, 0.5) is 0 Å². The third-order valence-corrected chi connectivity index (χ3v) is 3.38. The first-order valence-electron chi connectivity index (χ1n) is 5.86. The Morgan fingerprint density at radius 1 is 1.53 bits per heavy atom. The summed E-state index contributed by atoms with van der Waals surface area (Å²) in [5.41, 5.74) is 0.482. The van der Waals surface area contributed by atoms with Gasteiger partial charge >= 0.3 is 5.97 Å². The predicted molar refractivity (Wildman–Crippen MR) is 66.1 cm³/mol. The van der Waals surface area contributed by atoms with E-state index < -0.39 is 12.2 Å². The lowest BCUT2D eigenvalue weighted by atomic mass is 10.1. The van der Waals surface area contributed by atoms with Gasteiger partial charge in [0.15, 0.2) is 22.5 Å². The van der Waals surface area contributed by atoms with Gasteiger partial charge in [-0.25, -0.2) is 9.78 Å². The SMILES string of the molecule is O=C(O)c1nc(-c2ccc(Cl)o2)n2c1CCCC2O. The van der Waals surface area contributed by atoms with Crippen LogP contribution in [0.25, 0.3) is 11.6 Å². The number of furan rings is 1. The fraction of sp³-hybridized carbons (Fsp3) is 0.333. The summed E-state index contributed by atoms with van der Waals surface area (Å²) in [6.07, 6.45) is 1.07. The lowest BCUT2D eigenvalue weighted by Crippen LogP contribution is -2.19. The van der Waals surface area contributed by atoms with Gasteiger partial charge in [-0.1, -0.05) is 0 Å². The van der Waals surface area contributed by atoms with E-state index in [-0.39, 0.29) is 10.9 Å². The number of hydrogen-bond acceptors (Lipinski definition) is 4. The normalized spacial score (nSPS) is 18.3. The molecular weight excluding hydrogens is 272 g/mol. The Balaban J connectivity index is 2.22. The molecule has 0 aliphatic carbocycles. The maximum atomic E-state index is 11.2. The van der Waals surface area contributed by atoms with Crippen LogP contribution in [0.1, 0.15) is 35.3 Å². The molecule has 2 N–H and O–H groups in total. The first-order chi connectivity index (χ1) is 9.08. The van der Waals surface area contributed by atoms with E-state index in [0.717, 1.165) is 6.42 Å². The summed E-state index contributed by atoms with van der Waals surface area (Å²) in [5.74, 6) is -0.465. The number of fused-ring (bicyclic) bond motifs is 1. The standard InChI is InChI=1S/C12H11ClN2O4/c13-8-5-4-7(19-8)11-14-10(12(17)18)6-2-1-3-9(16)15(6)11/h4-5,9,16H,1-3H2,(H,17,18). The lowest BCUT2D eigenvalue weighted by Gasteiger charge is -2.22. The van der Waals surface area contributed by atoms with Gasteiger partial charge in [0.25, 0.3) is 0 Å². The van der Waals surface area contributed by atoms with Crippen molar-refractivity contribution in [3.63, 3.8) is 0 Å². The highest BCUT2D eigenvalue weighted by Crippen LogP contribution is 2.33. The second-order valence-electron chi connectivity index (χ2n) is 4.38. The zero-order valence-corrected chi connectivity index (χ0v) is 10.6.